The van der Waals surface area contributed by atoms with E-state index in [4.69, 9.17) is 0 Å². The van der Waals surface area contributed by atoms with E-state index in [0.29, 0.717) is 6.42 Å². The van der Waals surface area contributed by atoms with Crippen LogP contribution < -0.4 is 0 Å². The Morgan fingerprint density at radius 1 is 0.826 bits per heavy atom. The van der Waals surface area contributed by atoms with Gasteiger partial charge in [0.1, 0.15) is 0 Å². The Morgan fingerprint density at radius 2 is 1.35 bits per heavy atom. The summed E-state index contributed by atoms with van der Waals surface area (Å²) in [6.45, 7) is 2.23. The molecule has 0 aromatic carbocycles. The quantitative estimate of drug-likeness (QED) is 0.176. The van der Waals surface area contributed by atoms with Crippen LogP contribution in [0.2, 0.25) is 0 Å². The Labute approximate surface area is 142 Å². The summed E-state index contributed by atoms with van der Waals surface area (Å²) in [5, 5.41) is 0. The highest BCUT2D eigenvalue weighted by Gasteiger charge is 2.18. The first-order valence-corrected chi connectivity index (χ1v) is 10.6. The van der Waals surface area contributed by atoms with Gasteiger partial charge in [0.15, 0.2) is 0 Å². The van der Waals surface area contributed by atoms with E-state index in [-0.39, 0.29) is 6.16 Å². The molecule has 23 heavy (non-hydrogen) atoms. The Balaban J connectivity index is 3.40. The van der Waals surface area contributed by atoms with Gasteiger partial charge in [0.25, 0.3) is 0 Å². The van der Waals surface area contributed by atoms with Crippen molar-refractivity contribution in [3.63, 3.8) is 0 Å². The molecule has 134 valence electrons. The third-order valence-corrected chi connectivity index (χ3v) is 4.98. The van der Waals surface area contributed by atoms with Crippen molar-refractivity contribution in [1.29, 1.82) is 0 Å². The molecule has 0 heterocycles. The Bertz CT molecular complexity index is 389. The van der Waals surface area contributed by atoms with E-state index in [2.05, 4.69) is 47.9 Å². The van der Waals surface area contributed by atoms with E-state index in [9.17, 15) is 8.76 Å². The first-order valence-electron chi connectivity index (χ1n) is 8.92. The van der Waals surface area contributed by atoms with E-state index in [1.54, 1.807) is 0 Å². The van der Waals surface area contributed by atoms with Crippen molar-refractivity contribution < 1.29 is 13.3 Å². The molecule has 0 saturated carbocycles. The summed E-state index contributed by atoms with van der Waals surface area (Å²) in [6, 6.07) is 0. The Morgan fingerprint density at radius 3 is 1.87 bits per heavy atom. The van der Waals surface area contributed by atoms with Crippen LogP contribution in [0.5, 0.6) is 0 Å². The van der Waals surface area contributed by atoms with Crippen molar-refractivity contribution in [2.75, 3.05) is 13.3 Å². The molecule has 0 spiro atoms. The molecule has 0 aliphatic rings. The van der Waals surface area contributed by atoms with Crippen molar-refractivity contribution in [1.82, 2.24) is 0 Å². The van der Waals surface area contributed by atoms with Crippen molar-refractivity contribution in [2.24, 2.45) is 0 Å². The fourth-order valence-electron chi connectivity index (χ4n) is 2.12. The molecule has 0 amide bonds. The largest absolute Gasteiger partial charge is 0.367 e. The van der Waals surface area contributed by atoms with Crippen LogP contribution in [0.15, 0.2) is 36.5 Å². The highest BCUT2D eigenvalue weighted by atomic mass is 31.2. The van der Waals surface area contributed by atoms with Gasteiger partial charge in [-0.3, -0.25) is 4.57 Å². The first kappa shape index (κ1) is 22.3. The van der Waals surface area contributed by atoms with Crippen molar-refractivity contribution >= 4 is 7.68 Å². The van der Waals surface area contributed by atoms with Crippen LogP contribution in [-0.4, -0.2) is 13.3 Å². The van der Waals surface area contributed by atoms with Gasteiger partial charge in [-0.15, -0.1) is 0 Å². The molecule has 0 aromatic heterocycles. The Kier molecular flexibility index (Phi) is 15.7. The minimum Gasteiger partial charge on any atom is -0.309 e. The lowest BCUT2D eigenvalue weighted by Gasteiger charge is -2.04. The fraction of sp³-hybridized carbons (Fsp3) is 0.684. The SMILES string of the molecule is CCCCC/C=C/C/C=C\C/C=C\CCCCC[P@](=O)(F)OC. The Hall–Kier alpha value is -0.660. The number of rotatable bonds is 15. The molecule has 2 nitrogen and oxygen atoms in total. The third kappa shape index (κ3) is 17.5. The van der Waals surface area contributed by atoms with Gasteiger partial charge in [0, 0.05) is 7.11 Å². The van der Waals surface area contributed by atoms with Crippen LogP contribution in [0.4, 0.5) is 4.20 Å². The lowest BCUT2D eigenvalue weighted by molar-refractivity contribution is 0.354. The van der Waals surface area contributed by atoms with Crippen LogP contribution in [-0.2, 0) is 9.09 Å². The zero-order chi connectivity index (χ0) is 17.2. The summed E-state index contributed by atoms with van der Waals surface area (Å²) in [4.78, 5) is 0. The molecule has 0 aliphatic heterocycles. The average Bonchev–Trinajstić information content (AvgIpc) is 2.54. The standard InChI is InChI=1S/C19H34FO2P/c1-3-4-5-6-7-8-9-10-11-12-13-14-15-16-17-18-19-23(20,21)22-2/h7-8,10-11,13-14H,3-6,9,12,15-19H2,1-2H3/b8-7+,11-10-,14-13-/t23-/m1/s1. The molecule has 1 atom stereocenters. The number of hydrogen-bond acceptors (Lipinski definition) is 2. The van der Waals surface area contributed by atoms with Crippen LogP contribution >= 0.6 is 7.68 Å². The number of unbranched alkanes of at least 4 members (excludes halogenated alkanes) is 6. The highest BCUT2D eigenvalue weighted by Crippen LogP contribution is 2.48. The predicted molar refractivity (Wildman–Crippen MR) is 99.9 cm³/mol. The molecule has 0 unspecified atom stereocenters. The summed E-state index contributed by atoms with van der Waals surface area (Å²) in [5.41, 5.74) is 0. The highest BCUT2D eigenvalue weighted by molar-refractivity contribution is 7.53. The second-order valence-electron chi connectivity index (χ2n) is 5.73. The molecule has 0 saturated heterocycles. The summed E-state index contributed by atoms with van der Waals surface area (Å²) >= 11 is 0. The van der Waals surface area contributed by atoms with E-state index in [1.165, 1.54) is 32.8 Å². The monoisotopic (exact) mass is 344 g/mol. The van der Waals surface area contributed by atoms with Crippen LogP contribution in [0, 0.1) is 0 Å². The van der Waals surface area contributed by atoms with Gasteiger partial charge in [-0.05, 0) is 44.9 Å². The molecule has 0 radical (unpaired) electrons. The van der Waals surface area contributed by atoms with Crippen LogP contribution in [0.25, 0.3) is 0 Å². The number of halogens is 1. The summed E-state index contributed by atoms with van der Waals surface area (Å²) in [5.74, 6) is 0. The molecule has 4 heteroatoms. The maximum Gasteiger partial charge on any atom is 0.367 e. The zero-order valence-corrected chi connectivity index (χ0v) is 15.8. The summed E-state index contributed by atoms with van der Waals surface area (Å²) in [6.07, 6.45) is 23.9. The number of allylic oxidation sites excluding steroid dienone is 6. The topological polar surface area (TPSA) is 26.3 Å². The van der Waals surface area contributed by atoms with Crippen molar-refractivity contribution in [2.45, 2.75) is 71.1 Å². The maximum atomic E-state index is 13.0. The molecule has 0 fully saturated rings. The van der Waals surface area contributed by atoms with Gasteiger partial charge in [-0.2, -0.15) is 4.20 Å². The minimum absolute atomic E-state index is 0.0436. The second kappa shape index (κ2) is 16.2. The van der Waals surface area contributed by atoms with Gasteiger partial charge < -0.3 is 4.52 Å². The van der Waals surface area contributed by atoms with E-state index < -0.39 is 7.68 Å². The molecular formula is C19H34FO2P. The van der Waals surface area contributed by atoms with Gasteiger partial charge in [0.05, 0.1) is 6.16 Å². The number of hydrogen-bond donors (Lipinski definition) is 0. The predicted octanol–water partition coefficient (Wildman–Crippen LogP) is 7.38. The lowest BCUT2D eigenvalue weighted by atomic mass is 10.2. The van der Waals surface area contributed by atoms with Gasteiger partial charge in [0.2, 0.25) is 0 Å². The molecule has 0 bridgehead atoms. The normalized spacial score (nSPS) is 15.1. The first-order chi connectivity index (χ1) is 11.1. The van der Waals surface area contributed by atoms with E-state index in [0.717, 1.165) is 32.1 Å². The summed E-state index contributed by atoms with van der Waals surface area (Å²) < 4.78 is 28.3. The second-order valence-corrected chi connectivity index (χ2v) is 7.72. The van der Waals surface area contributed by atoms with Gasteiger partial charge >= 0.3 is 7.68 Å². The van der Waals surface area contributed by atoms with Crippen molar-refractivity contribution in [3.8, 4) is 0 Å². The summed E-state index contributed by atoms with van der Waals surface area (Å²) in [7, 11) is -2.63. The lowest BCUT2D eigenvalue weighted by Crippen LogP contribution is -1.87. The van der Waals surface area contributed by atoms with Crippen LogP contribution in [0.1, 0.15) is 71.1 Å². The minimum atomic E-state index is -3.79. The molecular weight excluding hydrogens is 310 g/mol. The third-order valence-electron chi connectivity index (χ3n) is 3.59. The molecule has 0 aliphatic carbocycles. The van der Waals surface area contributed by atoms with Crippen molar-refractivity contribution in [3.05, 3.63) is 36.5 Å². The smallest absolute Gasteiger partial charge is 0.309 e. The molecule has 0 N–H and O–H groups in total. The van der Waals surface area contributed by atoms with E-state index >= 15 is 0 Å². The van der Waals surface area contributed by atoms with Gasteiger partial charge in [-0.1, -0.05) is 62.6 Å². The van der Waals surface area contributed by atoms with Crippen LogP contribution in [0.3, 0.4) is 0 Å². The van der Waals surface area contributed by atoms with E-state index in [1.807, 2.05) is 0 Å². The fourth-order valence-corrected chi connectivity index (χ4v) is 2.90. The molecule has 0 rings (SSSR count). The molecule has 0 aromatic rings. The average molecular weight is 344 g/mol. The zero-order valence-electron chi connectivity index (χ0n) is 14.9. The maximum absolute atomic E-state index is 13.0. The van der Waals surface area contributed by atoms with Gasteiger partial charge in [-0.25, -0.2) is 0 Å².